The first-order valence-electron chi connectivity index (χ1n) is 11.2. The van der Waals surface area contributed by atoms with Gasteiger partial charge in [-0.05, 0) is 43.7 Å². The maximum absolute atomic E-state index is 13.9. The lowest BCUT2D eigenvalue weighted by molar-refractivity contribution is 0.149. The number of nitrogens with zero attached hydrogens (tertiary/aromatic N) is 6. The van der Waals surface area contributed by atoms with Crippen molar-refractivity contribution < 1.29 is 9.50 Å². The van der Waals surface area contributed by atoms with Crippen LogP contribution in [0.1, 0.15) is 18.4 Å². The zero-order valence-corrected chi connectivity index (χ0v) is 18.9. The van der Waals surface area contributed by atoms with Gasteiger partial charge in [0.05, 0.1) is 42.6 Å². The van der Waals surface area contributed by atoms with E-state index in [9.17, 15) is 9.50 Å². The van der Waals surface area contributed by atoms with Crippen LogP contribution in [0.4, 0.5) is 15.9 Å². The van der Waals surface area contributed by atoms with E-state index in [4.69, 9.17) is 5.73 Å². The molecule has 4 N–H and O–H groups in total. The molecule has 1 aromatic carbocycles. The summed E-state index contributed by atoms with van der Waals surface area (Å²) < 4.78 is 15.8. The SMILES string of the molecule is CN[C@]1(CO)CCCN(c2cnc(-c3cccc(F)c3)cc2Cn2cnc3c(N)ncnc32)C1. The quantitative estimate of drug-likeness (QED) is 0.399. The van der Waals surface area contributed by atoms with Crippen molar-refractivity contribution in [2.45, 2.75) is 24.9 Å². The molecule has 1 aliphatic heterocycles. The van der Waals surface area contributed by atoms with Crippen molar-refractivity contribution in [3.8, 4) is 11.3 Å². The van der Waals surface area contributed by atoms with E-state index in [1.807, 2.05) is 29.9 Å². The Morgan fingerprint density at radius 2 is 2.09 bits per heavy atom. The van der Waals surface area contributed by atoms with Gasteiger partial charge in [-0.3, -0.25) is 4.98 Å². The minimum Gasteiger partial charge on any atom is -0.394 e. The number of nitrogen functional groups attached to an aromatic ring is 1. The topological polar surface area (TPSA) is 118 Å². The monoisotopic (exact) mass is 462 g/mol. The smallest absolute Gasteiger partial charge is 0.165 e. The number of pyridine rings is 1. The fraction of sp³-hybridized carbons (Fsp3) is 0.333. The van der Waals surface area contributed by atoms with Crippen LogP contribution < -0.4 is 16.0 Å². The van der Waals surface area contributed by atoms with Gasteiger partial charge < -0.3 is 25.6 Å². The normalized spacial score (nSPS) is 18.5. The standard InChI is InChI=1S/C24H27FN8O/c1-27-24(13-34)6-3-7-32(12-24)20-10-28-19(16-4-2-5-18(25)8-16)9-17(20)11-33-15-31-21-22(26)29-14-30-23(21)33/h2,4-5,8-10,14-15,27,34H,3,6-7,11-13H2,1H3,(H2,26,29,30)/t24-/m1/s1. The van der Waals surface area contributed by atoms with Crippen LogP contribution in [-0.4, -0.2) is 61.9 Å². The molecule has 0 aliphatic carbocycles. The van der Waals surface area contributed by atoms with Crippen LogP contribution in [-0.2, 0) is 6.54 Å². The molecule has 0 saturated carbocycles. The summed E-state index contributed by atoms with van der Waals surface area (Å²) in [6, 6.07) is 8.39. The summed E-state index contributed by atoms with van der Waals surface area (Å²) in [4.78, 5) is 19.7. The highest BCUT2D eigenvalue weighted by atomic mass is 19.1. The van der Waals surface area contributed by atoms with Crippen LogP contribution in [0.3, 0.4) is 0 Å². The molecule has 1 aliphatic rings. The van der Waals surface area contributed by atoms with Crippen LogP contribution in [0.5, 0.6) is 0 Å². The van der Waals surface area contributed by atoms with Crippen molar-refractivity contribution in [3.05, 3.63) is 60.6 Å². The molecule has 0 bridgehead atoms. The van der Waals surface area contributed by atoms with E-state index in [-0.39, 0.29) is 18.0 Å². The number of nitrogens with two attached hydrogens (primary N) is 1. The number of rotatable bonds is 6. The van der Waals surface area contributed by atoms with Gasteiger partial charge in [0.15, 0.2) is 11.5 Å². The number of anilines is 2. The molecule has 34 heavy (non-hydrogen) atoms. The Labute approximate surface area is 196 Å². The summed E-state index contributed by atoms with van der Waals surface area (Å²) in [5.74, 6) is 0.0208. The molecule has 4 aromatic rings. The highest BCUT2D eigenvalue weighted by molar-refractivity contribution is 5.81. The van der Waals surface area contributed by atoms with Gasteiger partial charge in [0.25, 0.3) is 0 Å². The largest absolute Gasteiger partial charge is 0.394 e. The number of aromatic nitrogens is 5. The number of aliphatic hydroxyl groups excluding tert-OH is 1. The third-order valence-corrected chi connectivity index (χ3v) is 6.61. The summed E-state index contributed by atoms with van der Waals surface area (Å²) in [7, 11) is 1.88. The third-order valence-electron chi connectivity index (χ3n) is 6.61. The number of likely N-dealkylation sites (N-methyl/N-ethyl adjacent to an activating group) is 1. The third kappa shape index (κ3) is 4.06. The van der Waals surface area contributed by atoms with E-state index in [2.05, 4.69) is 30.2 Å². The van der Waals surface area contributed by atoms with Gasteiger partial charge >= 0.3 is 0 Å². The molecular weight excluding hydrogens is 435 g/mol. The Kier molecular flexibility index (Phi) is 5.84. The Bertz CT molecular complexity index is 1320. The van der Waals surface area contributed by atoms with Crippen molar-refractivity contribution in [1.82, 2.24) is 29.8 Å². The lowest BCUT2D eigenvalue weighted by Gasteiger charge is -2.43. The molecule has 4 heterocycles. The van der Waals surface area contributed by atoms with Gasteiger partial charge in [-0.15, -0.1) is 0 Å². The van der Waals surface area contributed by atoms with Crippen molar-refractivity contribution >= 4 is 22.7 Å². The molecule has 9 nitrogen and oxygen atoms in total. The van der Waals surface area contributed by atoms with Crippen molar-refractivity contribution in [2.75, 3.05) is 37.4 Å². The summed E-state index contributed by atoms with van der Waals surface area (Å²) in [6.07, 6.45) is 6.78. The second kappa shape index (κ2) is 8.96. The Balaban J connectivity index is 1.59. The Hall–Kier alpha value is -3.63. The maximum atomic E-state index is 13.9. The summed E-state index contributed by atoms with van der Waals surface area (Å²) in [5, 5.41) is 13.4. The number of halogens is 1. The second-order valence-corrected chi connectivity index (χ2v) is 8.73. The van der Waals surface area contributed by atoms with Gasteiger partial charge in [-0.25, -0.2) is 19.3 Å². The summed E-state index contributed by atoms with van der Waals surface area (Å²) in [6.45, 7) is 2.01. The van der Waals surface area contributed by atoms with Gasteiger partial charge in [0.2, 0.25) is 0 Å². The van der Waals surface area contributed by atoms with Gasteiger partial charge in [-0.1, -0.05) is 12.1 Å². The molecule has 0 radical (unpaired) electrons. The molecule has 1 atom stereocenters. The van der Waals surface area contributed by atoms with Gasteiger partial charge in [0, 0.05) is 18.7 Å². The molecule has 0 spiro atoms. The van der Waals surface area contributed by atoms with Crippen LogP contribution >= 0.6 is 0 Å². The molecular formula is C24H27FN8O. The van der Waals surface area contributed by atoms with Crippen molar-refractivity contribution in [2.24, 2.45) is 0 Å². The fourth-order valence-corrected chi connectivity index (χ4v) is 4.65. The van der Waals surface area contributed by atoms with E-state index in [0.29, 0.717) is 41.3 Å². The zero-order valence-electron chi connectivity index (χ0n) is 18.9. The van der Waals surface area contributed by atoms with Gasteiger partial charge in [0.1, 0.15) is 17.7 Å². The number of hydrogen-bond acceptors (Lipinski definition) is 8. The number of fused-ring (bicyclic) bond motifs is 1. The van der Waals surface area contributed by atoms with Gasteiger partial charge in [-0.2, -0.15) is 0 Å². The average molecular weight is 463 g/mol. The van der Waals surface area contributed by atoms with E-state index >= 15 is 0 Å². The lowest BCUT2D eigenvalue weighted by Crippen LogP contribution is -2.58. The van der Waals surface area contributed by atoms with E-state index in [0.717, 1.165) is 30.6 Å². The second-order valence-electron chi connectivity index (χ2n) is 8.73. The molecule has 0 unspecified atom stereocenters. The highest BCUT2D eigenvalue weighted by Gasteiger charge is 2.34. The number of benzene rings is 1. The van der Waals surface area contributed by atoms with Crippen LogP contribution in [0, 0.1) is 5.82 Å². The molecule has 0 amide bonds. The van der Waals surface area contributed by atoms with Crippen molar-refractivity contribution in [1.29, 1.82) is 0 Å². The van der Waals surface area contributed by atoms with Crippen LogP contribution in [0.2, 0.25) is 0 Å². The molecule has 1 saturated heterocycles. The zero-order chi connectivity index (χ0) is 23.7. The van der Waals surface area contributed by atoms with E-state index < -0.39 is 0 Å². The first-order valence-corrected chi connectivity index (χ1v) is 11.2. The molecule has 10 heteroatoms. The predicted molar refractivity (Wildman–Crippen MR) is 129 cm³/mol. The molecule has 5 rings (SSSR count). The number of piperidine rings is 1. The molecule has 176 valence electrons. The van der Waals surface area contributed by atoms with Crippen molar-refractivity contribution in [3.63, 3.8) is 0 Å². The maximum Gasteiger partial charge on any atom is 0.165 e. The summed E-state index contributed by atoms with van der Waals surface area (Å²) >= 11 is 0. The molecule has 3 aromatic heterocycles. The Morgan fingerprint density at radius 3 is 2.88 bits per heavy atom. The first kappa shape index (κ1) is 22.2. The minimum absolute atomic E-state index is 0.0481. The summed E-state index contributed by atoms with van der Waals surface area (Å²) in [5.41, 5.74) is 10.1. The predicted octanol–water partition coefficient (Wildman–Crippen LogP) is 2.21. The number of aliphatic hydroxyl groups is 1. The Morgan fingerprint density at radius 1 is 1.21 bits per heavy atom. The number of nitrogens with one attached hydrogen (secondary N) is 1. The highest BCUT2D eigenvalue weighted by Crippen LogP contribution is 2.31. The van der Waals surface area contributed by atoms with Crippen LogP contribution in [0.15, 0.2) is 49.2 Å². The average Bonchev–Trinajstić information content (AvgIpc) is 3.28. The first-order chi connectivity index (χ1) is 16.5. The number of imidazole rings is 1. The van der Waals surface area contributed by atoms with Crippen LogP contribution in [0.25, 0.3) is 22.4 Å². The lowest BCUT2D eigenvalue weighted by atomic mass is 9.89. The van der Waals surface area contributed by atoms with E-state index in [1.54, 1.807) is 12.4 Å². The number of hydrogen-bond donors (Lipinski definition) is 3. The van der Waals surface area contributed by atoms with E-state index in [1.165, 1.54) is 18.5 Å². The molecule has 1 fully saturated rings. The minimum atomic E-state index is -0.375. The fourth-order valence-electron chi connectivity index (χ4n) is 4.65.